The Labute approximate surface area is 118 Å². The molecule has 0 bridgehead atoms. The zero-order valence-corrected chi connectivity index (χ0v) is 11.8. The SMILES string of the molecule is C=CCC1(C(C)C)C(=O)NC(=O)NC1=O.[H-].[Na+]. The molecule has 16 heavy (non-hydrogen) atoms. The second kappa shape index (κ2) is 5.61. The molecule has 1 heterocycles. The van der Waals surface area contributed by atoms with E-state index in [9.17, 15) is 14.4 Å². The van der Waals surface area contributed by atoms with Gasteiger partial charge in [-0.25, -0.2) is 4.79 Å². The molecule has 1 aliphatic rings. The van der Waals surface area contributed by atoms with Gasteiger partial charge in [-0.3, -0.25) is 20.2 Å². The number of imide groups is 2. The average Bonchev–Trinajstić information content (AvgIpc) is 2.10. The summed E-state index contributed by atoms with van der Waals surface area (Å²) < 4.78 is 0. The number of hydrogen-bond acceptors (Lipinski definition) is 3. The molecule has 0 atom stereocenters. The first-order valence-corrected chi connectivity index (χ1v) is 4.73. The van der Waals surface area contributed by atoms with Crippen molar-refractivity contribution in [3.8, 4) is 0 Å². The minimum absolute atomic E-state index is 0. The van der Waals surface area contributed by atoms with Crippen LogP contribution in [0, 0.1) is 11.3 Å². The Kier molecular flexibility index (Phi) is 5.38. The second-order valence-electron chi connectivity index (χ2n) is 3.86. The van der Waals surface area contributed by atoms with E-state index in [0.717, 1.165) is 0 Å². The zero-order valence-electron chi connectivity index (χ0n) is 10.8. The van der Waals surface area contributed by atoms with Crippen molar-refractivity contribution in [3.05, 3.63) is 12.7 Å². The average molecular weight is 234 g/mol. The van der Waals surface area contributed by atoms with Crippen molar-refractivity contribution < 1.29 is 45.4 Å². The molecule has 4 amide bonds. The van der Waals surface area contributed by atoms with Crippen molar-refractivity contribution in [3.63, 3.8) is 0 Å². The van der Waals surface area contributed by atoms with Gasteiger partial charge in [-0.1, -0.05) is 19.9 Å². The van der Waals surface area contributed by atoms with Crippen LogP contribution in [0.5, 0.6) is 0 Å². The van der Waals surface area contributed by atoms with E-state index < -0.39 is 23.3 Å². The van der Waals surface area contributed by atoms with Gasteiger partial charge in [0.1, 0.15) is 5.41 Å². The van der Waals surface area contributed by atoms with Gasteiger partial charge in [0.25, 0.3) is 0 Å². The molecule has 84 valence electrons. The van der Waals surface area contributed by atoms with Crippen molar-refractivity contribution >= 4 is 17.8 Å². The number of nitrogens with one attached hydrogen (secondary N) is 2. The number of barbiturate groups is 1. The Bertz CT molecular complexity index is 324. The van der Waals surface area contributed by atoms with Gasteiger partial charge in [-0.15, -0.1) is 6.58 Å². The predicted octanol–water partition coefficient (Wildman–Crippen LogP) is -2.31. The van der Waals surface area contributed by atoms with Crippen LogP contribution in [0.4, 0.5) is 4.79 Å². The summed E-state index contributed by atoms with van der Waals surface area (Å²) in [6.07, 6.45) is 1.73. The van der Waals surface area contributed by atoms with Crippen LogP contribution in [0.2, 0.25) is 0 Å². The molecule has 0 unspecified atom stereocenters. The van der Waals surface area contributed by atoms with Crippen molar-refractivity contribution in [2.45, 2.75) is 20.3 Å². The molecule has 0 spiro atoms. The Morgan fingerprint density at radius 1 is 1.31 bits per heavy atom. The fourth-order valence-corrected chi connectivity index (χ4v) is 1.74. The van der Waals surface area contributed by atoms with Crippen LogP contribution in [0.3, 0.4) is 0 Å². The molecule has 1 aliphatic heterocycles. The number of carbonyl (C=O) groups is 3. The maximum Gasteiger partial charge on any atom is 1.00 e. The Morgan fingerprint density at radius 3 is 2.06 bits per heavy atom. The Hall–Kier alpha value is -0.650. The fraction of sp³-hybridized carbons (Fsp3) is 0.500. The summed E-state index contributed by atoms with van der Waals surface area (Å²) in [4.78, 5) is 34.4. The topological polar surface area (TPSA) is 75.3 Å². The standard InChI is InChI=1S/C10H14N2O3.Na.H/c1-4-5-10(6(2)3)7(13)11-9(15)12-8(10)14;;/h4,6H,1,5H2,2-3H3,(H2,11,12,13,14,15);;/q;+1;-1. The van der Waals surface area contributed by atoms with Gasteiger partial charge in [0.2, 0.25) is 11.8 Å². The number of amides is 4. The number of allylic oxidation sites excluding steroid dienone is 1. The molecular weight excluding hydrogens is 219 g/mol. The van der Waals surface area contributed by atoms with Crippen molar-refractivity contribution in [2.24, 2.45) is 11.3 Å². The van der Waals surface area contributed by atoms with Gasteiger partial charge in [-0.05, 0) is 12.3 Å². The molecule has 0 aliphatic carbocycles. The van der Waals surface area contributed by atoms with Crippen LogP contribution in [-0.4, -0.2) is 17.8 Å². The quantitative estimate of drug-likeness (QED) is 0.327. The van der Waals surface area contributed by atoms with E-state index in [1.807, 2.05) is 0 Å². The van der Waals surface area contributed by atoms with Gasteiger partial charge in [0.15, 0.2) is 0 Å². The van der Waals surface area contributed by atoms with Crippen LogP contribution >= 0.6 is 0 Å². The van der Waals surface area contributed by atoms with E-state index in [1.165, 1.54) is 6.08 Å². The summed E-state index contributed by atoms with van der Waals surface area (Å²) in [5.41, 5.74) is -1.21. The predicted molar refractivity (Wildman–Crippen MR) is 54.9 cm³/mol. The first-order chi connectivity index (χ1) is 6.95. The maximum atomic E-state index is 11.7. The number of carbonyl (C=O) groups excluding carboxylic acids is 3. The first-order valence-electron chi connectivity index (χ1n) is 4.73. The normalized spacial score (nSPS) is 18.6. The monoisotopic (exact) mass is 234 g/mol. The number of urea groups is 1. The van der Waals surface area contributed by atoms with Crippen molar-refractivity contribution in [2.75, 3.05) is 0 Å². The van der Waals surface area contributed by atoms with Crippen LogP contribution in [-0.2, 0) is 9.59 Å². The smallest absolute Gasteiger partial charge is 1.00 e. The third-order valence-corrected chi connectivity index (χ3v) is 2.72. The Balaban J connectivity index is 0. The molecule has 5 nitrogen and oxygen atoms in total. The van der Waals surface area contributed by atoms with Crippen LogP contribution in [0.25, 0.3) is 0 Å². The number of rotatable bonds is 3. The third-order valence-electron chi connectivity index (χ3n) is 2.72. The fourth-order valence-electron chi connectivity index (χ4n) is 1.74. The molecule has 6 heteroatoms. The van der Waals surface area contributed by atoms with Gasteiger partial charge >= 0.3 is 35.6 Å². The zero-order chi connectivity index (χ0) is 11.6. The summed E-state index contributed by atoms with van der Waals surface area (Å²) in [5.74, 6) is -1.30. The van der Waals surface area contributed by atoms with E-state index >= 15 is 0 Å². The molecule has 2 N–H and O–H groups in total. The third kappa shape index (κ3) is 2.36. The van der Waals surface area contributed by atoms with Gasteiger partial charge < -0.3 is 1.43 Å². The van der Waals surface area contributed by atoms with Crippen molar-refractivity contribution in [1.29, 1.82) is 0 Å². The first kappa shape index (κ1) is 15.3. The molecule has 1 fully saturated rings. The molecule has 1 rings (SSSR count). The molecule has 0 aromatic carbocycles. The maximum absolute atomic E-state index is 11.7. The second-order valence-corrected chi connectivity index (χ2v) is 3.86. The minimum Gasteiger partial charge on any atom is -1.00 e. The van der Waals surface area contributed by atoms with Gasteiger partial charge in [-0.2, -0.15) is 0 Å². The summed E-state index contributed by atoms with van der Waals surface area (Å²) in [6, 6.07) is -0.759. The molecule has 0 saturated carbocycles. The van der Waals surface area contributed by atoms with Crippen LogP contribution in [0.15, 0.2) is 12.7 Å². The van der Waals surface area contributed by atoms with E-state index in [2.05, 4.69) is 17.2 Å². The summed E-state index contributed by atoms with van der Waals surface area (Å²) in [7, 11) is 0. The van der Waals surface area contributed by atoms with E-state index in [0.29, 0.717) is 0 Å². The number of hydrogen-bond donors (Lipinski definition) is 2. The molecule has 0 radical (unpaired) electrons. The van der Waals surface area contributed by atoms with Gasteiger partial charge in [0.05, 0.1) is 0 Å². The van der Waals surface area contributed by atoms with Crippen LogP contribution in [0.1, 0.15) is 21.7 Å². The van der Waals surface area contributed by atoms with E-state index in [1.54, 1.807) is 13.8 Å². The van der Waals surface area contributed by atoms with Crippen molar-refractivity contribution in [1.82, 2.24) is 10.6 Å². The minimum atomic E-state index is -1.21. The van der Waals surface area contributed by atoms with E-state index in [4.69, 9.17) is 0 Å². The van der Waals surface area contributed by atoms with Crippen LogP contribution < -0.4 is 40.2 Å². The summed E-state index contributed by atoms with van der Waals surface area (Å²) in [5, 5.41) is 4.22. The van der Waals surface area contributed by atoms with Gasteiger partial charge in [0, 0.05) is 0 Å². The molecule has 0 aromatic heterocycles. The largest absolute Gasteiger partial charge is 1.00 e. The van der Waals surface area contributed by atoms with E-state index in [-0.39, 0.29) is 43.3 Å². The summed E-state index contributed by atoms with van der Waals surface area (Å²) in [6.45, 7) is 7.05. The molecular formula is C10H15N2NaO3. The molecule has 1 saturated heterocycles. The molecule has 0 aromatic rings. The summed E-state index contributed by atoms with van der Waals surface area (Å²) >= 11 is 0. The Morgan fingerprint density at radius 2 is 1.75 bits per heavy atom.